The van der Waals surface area contributed by atoms with Crippen LogP contribution in [0.4, 0.5) is 0 Å². The van der Waals surface area contributed by atoms with Crippen molar-refractivity contribution in [3.63, 3.8) is 0 Å². The third kappa shape index (κ3) is 3.21. The molecule has 0 spiro atoms. The first-order chi connectivity index (χ1) is 13.7. The Labute approximate surface area is 183 Å². The standard InChI is InChI=1S/C26H40O2S/c1-15(2)13-23-24(28-23)16(3)20-7-8-21-19-6-5-17-14-18(27)9-12-26(17,29)22(19)10-11-25(20,21)4/h5-6,15-16,18,20-24,27,29H,7-14H2,1-4H3/t16-,18?,20?,21?,22?,23?,24-,25?,26?/m0/s1. The van der Waals surface area contributed by atoms with E-state index >= 15 is 0 Å². The number of allylic oxidation sites excluding steroid dienone is 3. The predicted octanol–water partition coefficient (Wildman–Crippen LogP) is 5.96. The van der Waals surface area contributed by atoms with Crippen molar-refractivity contribution in [1.29, 1.82) is 0 Å². The highest BCUT2D eigenvalue weighted by Gasteiger charge is 2.59. The van der Waals surface area contributed by atoms with Crippen molar-refractivity contribution in [3.8, 4) is 0 Å². The lowest BCUT2D eigenvalue weighted by Gasteiger charge is -2.54. The van der Waals surface area contributed by atoms with Gasteiger partial charge in [-0.05, 0) is 86.4 Å². The first-order valence-electron chi connectivity index (χ1n) is 12.2. The maximum absolute atomic E-state index is 10.2. The molecule has 2 nitrogen and oxygen atoms in total. The molecule has 5 rings (SSSR count). The van der Waals surface area contributed by atoms with Crippen molar-refractivity contribution >= 4 is 12.6 Å². The molecule has 7 unspecified atom stereocenters. The van der Waals surface area contributed by atoms with Gasteiger partial charge in [0.25, 0.3) is 0 Å². The lowest BCUT2D eigenvalue weighted by atomic mass is 9.54. The molecule has 0 aromatic rings. The number of aliphatic hydroxyl groups excluding tert-OH is 1. The van der Waals surface area contributed by atoms with Crippen LogP contribution in [-0.4, -0.2) is 28.2 Å². The van der Waals surface area contributed by atoms with Gasteiger partial charge in [-0.25, -0.2) is 0 Å². The fourth-order valence-electron chi connectivity index (χ4n) is 8.04. The van der Waals surface area contributed by atoms with E-state index in [0.29, 0.717) is 35.4 Å². The summed E-state index contributed by atoms with van der Waals surface area (Å²) in [5, 5.41) is 10.2. The van der Waals surface area contributed by atoms with Crippen LogP contribution in [0.1, 0.15) is 79.1 Å². The summed E-state index contributed by atoms with van der Waals surface area (Å²) in [6, 6.07) is 0. The molecule has 1 heterocycles. The molecule has 29 heavy (non-hydrogen) atoms. The molecule has 4 aliphatic carbocycles. The molecule has 1 aliphatic heterocycles. The minimum Gasteiger partial charge on any atom is -0.393 e. The Morgan fingerprint density at radius 1 is 1.10 bits per heavy atom. The molecule has 9 atom stereocenters. The van der Waals surface area contributed by atoms with Gasteiger partial charge in [-0.2, -0.15) is 12.6 Å². The third-order valence-electron chi connectivity index (χ3n) is 9.59. The lowest BCUT2D eigenvalue weighted by molar-refractivity contribution is 0.0601. The van der Waals surface area contributed by atoms with Crippen molar-refractivity contribution in [2.24, 2.45) is 35.0 Å². The molecule has 0 radical (unpaired) electrons. The van der Waals surface area contributed by atoms with E-state index in [1.807, 2.05) is 0 Å². The zero-order valence-electron chi connectivity index (χ0n) is 18.7. The minimum absolute atomic E-state index is 0.00366. The van der Waals surface area contributed by atoms with Crippen molar-refractivity contribution in [3.05, 3.63) is 23.3 Å². The summed E-state index contributed by atoms with van der Waals surface area (Å²) in [7, 11) is 0. The number of aliphatic hydroxyl groups is 1. The Balaban J connectivity index is 1.37. The van der Waals surface area contributed by atoms with E-state index < -0.39 is 0 Å². The highest BCUT2D eigenvalue weighted by molar-refractivity contribution is 7.82. The van der Waals surface area contributed by atoms with Crippen LogP contribution in [0.25, 0.3) is 0 Å². The third-order valence-corrected chi connectivity index (χ3v) is 10.4. The zero-order valence-corrected chi connectivity index (χ0v) is 19.6. The number of thiol groups is 1. The van der Waals surface area contributed by atoms with Crippen molar-refractivity contribution in [2.45, 2.75) is 102 Å². The Morgan fingerprint density at radius 2 is 1.90 bits per heavy atom. The average Bonchev–Trinajstić information content (AvgIpc) is 3.32. The molecule has 4 fully saturated rings. The second-order valence-corrected chi connectivity index (χ2v) is 12.4. The molecule has 0 aromatic carbocycles. The van der Waals surface area contributed by atoms with Crippen LogP contribution >= 0.6 is 12.6 Å². The summed E-state index contributed by atoms with van der Waals surface area (Å²) in [6.07, 6.45) is 14.9. The van der Waals surface area contributed by atoms with E-state index in [1.165, 1.54) is 37.7 Å². The number of epoxide rings is 1. The van der Waals surface area contributed by atoms with Gasteiger partial charge in [0.1, 0.15) is 0 Å². The summed E-state index contributed by atoms with van der Waals surface area (Å²) in [6.45, 7) is 9.70. The topological polar surface area (TPSA) is 32.8 Å². The molecule has 0 amide bonds. The van der Waals surface area contributed by atoms with Crippen molar-refractivity contribution < 1.29 is 9.84 Å². The summed E-state index contributed by atoms with van der Waals surface area (Å²) in [5.74, 6) is 3.48. The van der Waals surface area contributed by atoms with E-state index in [1.54, 1.807) is 5.57 Å². The number of rotatable bonds is 4. The molecule has 0 aromatic heterocycles. The summed E-state index contributed by atoms with van der Waals surface area (Å²) in [4.78, 5) is 0. The number of hydrogen-bond acceptors (Lipinski definition) is 3. The van der Waals surface area contributed by atoms with E-state index in [0.717, 1.165) is 31.1 Å². The van der Waals surface area contributed by atoms with Crippen LogP contribution in [0.2, 0.25) is 0 Å². The highest BCUT2D eigenvalue weighted by Crippen LogP contribution is 2.66. The van der Waals surface area contributed by atoms with Crippen LogP contribution < -0.4 is 0 Å². The minimum atomic E-state index is -0.167. The molecule has 1 N–H and O–H groups in total. The second kappa shape index (κ2) is 7.14. The molecular weight excluding hydrogens is 376 g/mol. The zero-order chi connectivity index (χ0) is 20.6. The van der Waals surface area contributed by atoms with Gasteiger partial charge in [-0.15, -0.1) is 0 Å². The van der Waals surface area contributed by atoms with Gasteiger partial charge < -0.3 is 9.84 Å². The Kier molecular flexibility index (Phi) is 5.08. The smallest absolute Gasteiger partial charge is 0.0870 e. The molecular formula is C26H40O2S. The van der Waals surface area contributed by atoms with Crippen LogP contribution in [0.15, 0.2) is 23.3 Å². The molecule has 0 bridgehead atoms. The quantitative estimate of drug-likeness (QED) is 0.438. The van der Waals surface area contributed by atoms with Gasteiger partial charge in [0.15, 0.2) is 0 Å². The van der Waals surface area contributed by atoms with E-state index in [9.17, 15) is 5.11 Å². The van der Waals surface area contributed by atoms with Gasteiger partial charge in [0.2, 0.25) is 0 Å². The molecule has 162 valence electrons. The summed E-state index contributed by atoms with van der Waals surface area (Å²) < 4.78 is 6.17. The predicted molar refractivity (Wildman–Crippen MR) is 122 cm³/mol. The highest BCUT2D eigenvalue weighted by atomic mass is 32.1. The van der Waals surface area contributed by atoms with E-state index in [4.69, 9.17) is 17.4 Å². The monoisotopic (exact) mass is 416 g/mol. The summed E-state index contributed by atoms with van der Waals surface area (Å²) >= 11 is 5.30. The van der Waals surface area contributed by atoms with Crippen molar-refractivity contribution in [2.75, 3.05) is 0 Å². The van der Waals surface area contributed by atoms with Crippen molar-refractivity contribution in [1.82, 2.24) is 0 Å². The Morgan fingerprint density at radius 3 is 2.66 bits per heavy atom. The van der Waals surface area contributed by atoms with Crippen LogP contribution in [0.3, 0.4) is 0 Å². The van der Waals surface area contributed by atoms with Crippen LogP contribution in [0.5, 0.6) is 0 Å². The SMILES string of the molecule is CC(C)CC1O[C@H]1[C@@H](C)C1CCC2C3=CC=C4CC(O)CCC4(S)C3CCC21C. The van der Waals surface area contributed by atoms with Gasteiger partial charge in [-0.3, -0.25) is 0 Å². The number of fused-ring (bicyclic) bond motifs is 5. The lowest BCUT2D eigenvalue weighted by Crippen LogP contribution is -2.49. The maximum Gasteiger partial charge on any atom is 0.0870 e. The first-order valence-corrected chi connectivity index (χ1v) is 12.7. The van der Waals surface area contributed by atoms with E-state index in [-0.39, 0.29) is 10.9 Å². The number of ether oxygens (including phenoxy) is 1. The van der Waals surface area contributed by atoms with Gasteiger partial charge in [0.05, 0.1) is 18.3 Å². The fourth-order valence-corrected chi connectivity index (χ4v) is 8.61. The van der Waals surface area contributed by atoms with Crippen LogP contribution in [-0.2, 0) is 4.74 Å². The average molecular weight is 417 g/mol. The normalized spacial score (nSPS) is 49.6. The molecule has 3 heteroatoms. The number of hydrogen-bond donors (Lipinski definition) is 2. The second-order valence-electron chi connectivity index (χ2n) is 11.6. The molecule has 5 aliphatic rings. The molecule has 3 saturated carbocycles. The molecule has 1 saturated heterocycles. The van der Waals surface area contributed by atoms with Crippen LogP contribution in [0, 0.1) is 35.0 Å². The first kappa shape index (κ1) is 20.6. The largest absolute Gasteiger partial charge is 0.393 e. The Hall–Kier alpha value is -0.250. The van der Waals surface area contributed by atoms with E-state index in [2.05, 4.69) is 39.8 Å². The van der Waals surface area contributed by atoms with Gasteiger partial charge in [0, 0.05) is 4.75 Å². The maximum atomic E-state index is 10.2. The fraction of sp³-hybridized carbons (Fsp3) is 0.846. The Bertz CT molecular complexity index is 726. The van der Waals surface area contributed by atoms with Gasteiger partial charge >= 0.3 is 0 Å². The van der Waals surface area contributed by atoms with Gasteiger partial charge in [-0.1, -0.05) is 51.0 Å². The summed E-state index contributed by atoms with van der Waals surface area (Å²) in [5.41, 5.74) is 3.50.